The van der Waals surface area contributed by atoms with E-state index in [4.69, 9.17) is 51.8 Å². The highest BCUT2D eigenvalue weighted by molar-refractivity contribution is 6.68. The molecule has 0 aromatic heterocycles. The minimum atomic E-state index is -0.872. The molecular formula is C5HCl4N3. The van der Waals surface area contributed by atoms with Crippen molar-refractivity contribution >= 4 is 51.8 Å². The molecule has 1 atom stereocenters. The lowest BCUT2D eigenvalue weighted by atomic mass is 10.3. The van der Waals surface area contributed by atoms with E-state index in [2.05, 4.69) is 4.99 Å². The predicted molar refractivity (Wildman–Crippen MR) is 49.1 cm³/mol. The quantitative estimate of drug-likeness (QED) is 0.486. The van der Waals surface area contributed by atoms with E-state index in [1.807, 2.05) is 6.07 Å². The van der Waals surface area contributed by atoms with Crippen LogP contribution < -0.4 is 0 Å². The molecule has 1 aliphatic heterocycles. The van der Waals surface area contributed by atoms with Gasteiger partial charge in [-0.3, -0.25) is 0 Å². The summed E-state index contributed by atoms with van der Waals surface area (Å²) < 4.78 is 0.930. The Labute approximate surface area is 88.9 Å². The van der Waals surface area contributed by atoms with Gasteiger partial charge in [-0.2, -0.15) is 5.26 Å². The Morgan fingerprint density at radius 2 is 2.00 bits per heavy atom. The molecule has 1 aliphatic rings. The second-order valence-electron chi connectivity index (χ2n) is 1.86. The number of hydrogen-bond donors (Lipinski definition) is 0. The van der Waals surface area contributed by atoms with E-state index in [1.165, 1.54) is 0 Å². The fourth-order valence-electron chi connectivity index (χ4n) is 0.600. The summed E-state index contributed by atoms with van der Waals surface area (Å²) >= 11 is 22.3. The minimum Gasteiger partial charge on any atom is -0.247 e. The van der Waals surface area contributed by atoms with Gasteiger partial charge in [-0.1, -0.05) is 34.8 Å². The predicted octanol–water partition coefficient (Wildman–Crippen LogP) is 2.59. The van der Waals surface area contributed by atoms with Gasteiger partial charge >= 0.3 is 0 Å². The van der Waals surface area contributed by atoms with E-state index in [9.17, 15) is 0 Å². The first-order valence-corrected chi connectivity index (χ1v) is 4.19. The van der Waals surface area contributed by atoms with Crippen LogP contribution in [-0.4, -0.2) is 15.6 Å². The molecule has 0 radical (unpaired) electrons. The van der Waals surface area contributed by atoms with Crippen molar-refractivity contribution in [2.75, 3.05) is 0 Å². The molecule has 0 spiro atoms. The van der Waals surface area contributed by atoms with Gasteiger partial charge in [0.15, 0.2) is 16.4 Å². The van der Waals surface area contributed by atoms with Crippen LogP contribution >= 0.6 is 46.6 Å². The van der Waals surface area contributed by atoms with Crippen molar-refractivity contribution in [2.24, 2.45) is 4.99 Å². The third-order valence-corrected chi connectivity index (χ3v) is 2.60. The Balaban J connectivity index is 3.08. The molecule has 0 bridgehead atoms. The van der Waals surface area contributed by atoms with Crippen molar-refractivity contribution in [3.05, 3.63) is 10.3 Å². The van der Waals surface area contributed by atoms with Gasteiger partial charge in [-0.05, 0) is 0 Å². The topological polar surface area (TPSA) is 39.4 Å². The summed E-state index contributed by atoms with van der Waals surface area (Å²) in [5.41, 5.74) is 0. The molecule has 0 aliphatic carbocycles. The number of hydrogen-bond acceptors (Lipinski definition) is 3. The van der Waals surface area contributed by atoms with Crippen molar-refractivity contribution < 1.29 is 0 Å². The van der Waals surface area contributed by atoms with E-state index >= 15 is 0 Å². The Kier molecular flexibility index (Phi) is 3.08. The van der Waals surface area contributed by atoms with E-state index in [0.29, 0.717) is 0 Å². The van der Waals surface area contributed by atoms with Gasteiger partial charge in [-0.15, -0.1) is 0 Å². The lowest BCUT2D eigenvalue weighted by Gasteiger charge is -2.22. The SMILES string of the molecule is N#CC1C(Cl)=NC(Cl)=C(Cl)N1Cl. The van der Waals surface area contributed by atoms with Crippen LogP contribution in [0.3, 0.4) is 0 Å². The molecule has 7 heteroatoms. The van der Waals surface area contributed by atoms with Crippen LogP contribution in [0.5, 0.6) is 0 Å². The fraction of sp³-hybridized carbons (Fsp3) is 0.200. The number of rotatable bonds is 0. The number of halogens is 4. The van der Waals surface area contributed by atoms with Crippen LogP contribution in [0.4, 0.5) is 0 Å². The van der Waals surface area contributed by atoms with Crippen LogP contribution in [0.1, 0.15) is 0 Å². The zero-order valence-electron chi connectivity index (χ0n) is 5.43. The highest BCUT2D eigenvalue weighted by Crippen LogP contribution is 2.29. The third-order valence-electron chi connectivity index (χ3n) is 1.14. The molecule has 1 heterocycles. The summed E-state index contributed by atoms with van der Waals surface area (Å²) in [5.74, 6) is 0. The van der Waals surface area contributed by atoms with Crippen LogP contribution in [0.15, 0.2) is 15.3 Å². The molecule has 0 fully saturated rings. The monoisotopic (exact) mass is 243 g/mol. The molecule has 0 aromatic rings. The maximum Gasteiger partial charge on any atom is 0.186 e. The number of nitriles is 1. The standard InChI is InChI=1S/C5HCl4N3/c6-3-2(1-10)12(9)5(8)4(7)11-3/h2H. The largest absolute Gasteiger partial charge is 0.247 e. The molecule has 1 rings (SSSR count). The molecular weight excluding hydrogens is 244 g/mol. The van der Waals surface area contributed by atoms with Gasteiger partial charge in [-0.25, -0.2) is 9.41 Å². The van der Waals surface area contributed by atoms with E-state index < -0.39 is 6.04 Å². The summed E-state index contributed by atoms with van der Waals surface area (Å²) in [6.45, 7) is 0. The molecule has 1 unspecified atom stereocenters. The molecule has 0 N–H and O–H groups in total. The average molecular weight is 245 g/mol. The average Bonchev–Trinajstić information content (AvgIpc) is 2.01. The van der Waals surface area contributed by atoms with Gasteiger partial charge in [0.1, 0.15) is 5.17 Å². The minimum absolute atomic E-state index is 0.00176. The lowest BCUT2D eigenvalue weighted by Crippen LogP contribution is -2.32. The van der Waals surface area contributed by atoms with Crippen LogP contribution in [-0.2, 0) is 0 Å². The van der Waals surface area contributed by atoms with Crippen molar-refractivity contribution in [1.82, 2.24) is 4.42 Å². The summed E-state index contributed by atoms with van der Waals surface area (Å²) in [6.07, 6.45) is 0. The van der Waals surface area contributed by atoms with E-state index in [1.54, 1.807) is 0 Å². The number of nitrogens with zero attached hydrogens (tertiary/aromatic N) is 3. The van der Waals surface area contributed by atoms with Crippen LogP contribution in [0.2, 0.25) is 0 Å². The van der Waals surface area contributed by atoms with E-state index in [0.717, 1.165) is 4.42 Å². The first-order chi connectivity index (χ1) is 5.57. The van der Waals surface area contributed by atoms with Crippen molar-refractivity contribution in [3.8, 4) is 6.07 Å². The summed E-state index contributed by atoms with van der Waals surface area (Å²) in [7, 11) is 0. The lowest BCUT2D eigenvalue weighted by molar-refractivity contribution is 0.590. The first kappa shape index (κ1) is 9.94. The number of aliphatic imine (C=N–C) groups is 1. The molecule has 3 nitrogen and oxygen atoms in total. The van der Waals surface area contributed by atoms with E-state index in [-0.39, 0.29) is 15.5 Å². The normalized spacial score (nSPS) is 23.8. The van der Waals surface area contributed by atoms with Crippen LogP contribution in [0.25, 0.3) is 0 Å². The summed E-state index contributed by atoms with van der Waals surface area (Å²) in [4.78, 5) is 3.61. The molecule has 12 heavy (non-hydrogen) atoms. The smallest absolute Gasteiger partial charge is 0.186 e. The van der Waals surface area contributed by atoms with Gasteiger partial charge in [0.05, 0.1) is 6.07 Å². The van der Waals surface area contributed by atoms with Gasteiger partial charge in [0, 0.05) is 11.8 Å². The molecule has 0 saturated heterocycles. The van der Waals surface area contributed by atoms with Crippen molar-refractivity contribution in [2.45, 2.75) is 6.04 Å². The highest BCUT2D eigenvalue weighted by atomic mass is 35.5. The second-order valence-corrected chi connectivity index (χ2v) is 3.33. The molecule has 0 amide bonds. The summed E-state index contributed by atoms with van der Waals surface area (Å²) in [5, 5.41) is 8.54. The Hall–Kier alpha value is -0.140. The van der Waals surface area contributed by atoms with Gasteiger partial charge in [0.25, 0.3) is 0 Å². The second kappa shape index (κ2) is 3.71. The zero-order chi connectivity index (χ0) is 9.30. The molecule has 0 saturated carbocycles. The maximum absolute atomic E-state index is 8.57. The highest BCUT2D eigenvalue weighted by Gasteiger charge is 2.28. The maximum atomic E-state index is 8.57. The van der Waals surface area contributed by atoms with Crippen LogP contribution in [0, 0.1) is 11.3 Å². The third kappa shape index (κ3) is 1.62. The first-order valence-electron chi connectivity index (χ1n) is 2.72. The van der Waals surface area contributed by atoms with Gasteiger partial charge < -0.3 is 0 Å². The molecule has 0 aromatic carbocycles. The van der Waals surface area contributed by atoms with Crippen molar-refractivity contribution in [3.63, 3.8) is 0 Å². The Morgan fingerprint density at radius 3 is 2.50 bits per heavy atom. The Bertz CT molecular complexity index is 302. The zero-order valence-corrected chi connectivity index (χ0v) is 8.45. The Morgan fingerprint density at radius 1 is 1.42 bits per heavy atom. The summed E-state index contributed by atoms with van der Waals surface area (Å²) in [6, 6.07) is 0.936. The fourth-order valence-corrected chi connectivity index (χ4v) is 1.51. The molecule has 64 valence electrons. The van der Waals surface area contributed by atoms with Gasteiger partial charge in [0.2, 0.25) is 0 Å². The van der Waals surface area contributed by atoms with Crippen molar-refractivity contribution in [1.29, 1.82) is 5.26 Å².